The summed E-state index contributed by atoms with van der Waals surface area (Å²) in [4.78, 5) is 91.6. The lowest BCUT2D eigenvalue weighted by Gasteiger charge is -2.13. The summed E-state index contributed by atoms with van der Waals surface area (Å²) in [5, 5.41) is 2.77. The van der Waals surface area contributed by atoms with Gasteiger partial charge in [-0.25, -0.2) is 51.3 Å². The average Bonchev–Trinajstić information content (AvgIpc) is 1.62. The van der Waals surface area contributed by atoms with Gasteiger partial charge in [0.25, 0.3) is 0 Å². The molecule has 1 amide bonds. The Labute approximate surface area is 802 Å². The number of nitrogens with one attached hydrogen (secondary N) is 1. The number of ether oxygens (including phenoxy) is 4. The number of aromatic nitrogens is 6. The van der Waals surface area contributed by atoms with Crippen molar-refractivity contribution in [3.63, 3.8) is 0 Å². The number of aliphatic imine (C=N–C) groups is 4. The van der Waals surface area contributed by atoms with Gasteiger partial charge >= 0.3 is 17.9 Å². The van der Waals surface area contributed by atoms with Crippen LogP contribution in [-0.2, 0) is 43.4 Å². The Bertz CT molecular complexity index is 6870. The number of terminal acetylenes is 2. The van der Waals surface area contributed by atoms with Crippen LogP contribution in [0.5, 0.6) is 0 Å². The van der Waals surface area contributed by atoms with E-state index in [1.807, 2.05) is 63.7 Å². The van der Waals surface area contributed by atoms with Crippen LogP contribution in [0.25, 0.3) is 17.1 Å². The first-order chi connectivity index (χ1) is 64.2. The monoisotopic (exact) mass is 2030 g/mol. The highest BCUT2D eigenvalue weighted by molar-refractivity contribution is 9.11. The number of anilines is 2. The van der Waals surface area contributed by atoms with Crippen molar-refractivity contribution >= 4 is 129 Å². The van der Waals surface area contributed by atoms with Crippen molar-refractivity contribution in [2.45, 2.75) is 86.9 Å². The van der Waals surface area contributed by atoms with E-state index in [4.69, 9.17) is 42.5 Å². The molecule has 0 atom stereocenters. The van der Waals surface area contributed by atoms with Crippen molar-refractivity contribution < 1.29 is 64.9 Å². The second-order valence-electron chi connectivity index (χ2n) is 30.4. The Morgan fingerprint density at radius 3 is 1.22 bits per heavy atom. The van der Waals surface area contributed by atoms with Gasteiger partial charge in [-0.2, -0.15) is 0 Å². The molecule has 3 aromatic heterocycles. The molecule has 5 aliphatic rings. The molecule has 0 unspecified atom stereocenters. The van der Waals surface area contributed by atoms with Crippen molar-refractivity contribution in [3.05, 3.63) is 375 Å². The standard InChI is InChI=1S/C23H20FN3O2Si.C22H16FN3O2.C20H15BrFN3O2.C15H10BrFN2O.C13H9BrFNO.C5H10Si.C4H8O.CH4/c1-3-29-23(28)22-20-13-25-21(16-6-4-5-7-18(16)24)17-12-15(10-11-30-2)8-9-19(17)27(20)14-26-22;1-3-14-9-10-18-16(11-14)20(15-7-5-6-8-17(15)23)24-12-19-21(22(27)28-4-2)25-13-26(18)19;1-2-27-20(26)19-17-10-23-18(13-5-3-4-6-15(13)22)14-9-12(21)7-8-16(14)25(17)11-24-19;16-9-5-6-13-11(7-9)15(18-8-14(20)19-13)10-3-1-2-4-12(10)17;14-8-5-6-12(16)10(7-8)13(17)9-3-1-2-4-11(9)15;1-5-6(2,3)4;1-2-4-5-3-1;/h4-9,12,14H,3,13,30H2,1-2H3;1,5-11,13H,4,12H2,2H3;3-9,11H,2,10H2,1H3;1-7H,8H2,(H,19,20);1-7H,16H2;1H,2-4H3;1-4H2;1H4. The average molecular weight is 2030 g/mol. The van der Waals surface area contributed by atoms with Crippen LogP contribution in [0.15, 0.2) is 265 Å². The molecule has 3 N–H and O–H groups in total. The lowest BCUT2D eigenvalue weighted by molar-refractivity contribution is -0.114. The summed E-state index contributed by atoms with van der Waals surface area (Å²) in [6.45, 7) is 17.0. The molecular formula is C103H92Br3F5N12O9Si2. The topological polar surface area (TPSA) is 263 Å². The first kappa shape index (κ1) is 101. The molecular weight excluding hydrogens is 1940 g/mol. The Morgan fingerprint density at radius 1 is 0.470 bits per heavy atom. The first-order valence-electron chi connectivity index (χ1n) is 42.1. The van der Waals surface area contributed by atoms with Crippen LogP contribution in [0.4, 0.5) is 33.3 Å². The highest BCUT2D eigenvalue weighted by Gasteiger charge is 2.32. The molecule has 0 bridgehead atoms. The second kappa shape index (κ2) is 47.4. The molecule has 21 nitrogen and oxygen atoms in total. The Hall–Kier alpha value is -14.0. The van der Waals surface area contributed by atoms with Crippen LogP contribution in [-0.4, -0.2) is 138 Å². The third kappa shape index (κ3) is 24.7. The van der Waals surface area contributed by atoms with Gasteiger partial charge in [-0.1, -0.05) is 154 Å². The van der Waals surface area contributed by atoms with E-state index in [1.54, 1.807) is 160 Å². The lowest BCUT2D eigenvalue weighted by atomic mass is 9.98. The fourth-order valence-corrected chi connectivity index (χ4v) is 15.4. The number of rotatable bonds is 12. The third-order valence-corrected chi connectivity index (χ3v) is 23.2. The molecule has 0 spiro atoms. The van der Waals surface area contributed by atoms with Gasteiger partial charge < -0.3 is 30.0 Å². The molecule has 134 heavy (non-hydrogen) atoms. The van der Waals surface area contributed by atoms with E-state index in [-0.39, 0.29) is 105 Å². The molecule has 1 fully saturated rings. The number of esters is 3. The molecule has 13 aromatic rings. The summed E-state index contributed by atoms with van der Waals surface area (Å²) < 4.78 is 99.3. The van der Waals surface area contributed by atoms with Gasteiger partial charge in [0.1, 0.15) is 72.2 Å². The fraction of sp³-hybridized carbons (Fsp3) is 0.184. The summed E-state index contributed by atoms with van der Waals surface area (Å²) in [5.41, 5.74) is 25.6. The van der Waals surface area contributed by atoms with E-state index in [2.05, 4.69) is 132 Å². The van der Waals surface area contributed by atoms with Gasteiger partial charge in [0.2, 0.25) is 5.91 Å². The number of fused-ring (bicyclic) bond motifs is 10. The fourth-order valence-electron chi connectivity index (χ4n) is 14.0. The van der Waals surface area contributed by atoms with Crippen molar-refractivity contribution in [1.82, 2.24) is 28.7 Å². The van der Waals surface area contributed by atoms with Crippen molar-refractivity contribution in [3.8, 4) is 52.8 Å². The number of carbonyl (C=O) groups excluding carboxylic acids is 5. The molecule has 8 heterocycles. The zero-order valence-electron chi connectivity index (χ0n) is 73.3. The van der Waals surface area contributed by atoms with Crippen molar-refractivity contribution in [1.29, 1.82) is 0 Å². The highest BCUT2D eigenvalue weighted by atomic mass is 79.9. The summed E-state index contributed by atoms with van der Waals surface area (Å²) in [7, 11) is -1.51. The summed E-state index contributed by atoms with van der Waals surface area (Å²) >= 11 is 10.1. The maximum atomic E-state index is 14.7. The molecule has 0 aliphatic carbocycles. The number of hydrogen-bond donors (Lipinski definition) is 2. The van der Waals surface area contributed by atoms with Gasteiger partial charge in [-0.3, -0.25) is 43.3 Å². The zero-order chi connectivity index (χ0) is 95.0. The predicted octanol–water partition coefficient (Wildman–Crippen LogP) is 20.6. The Morgan fingerprint density at radius 2 is 0.828 bits per heavy atom. The van der Waals surface area contributed by atoms with Gasteiger partial charge in [0, 0.05) is 93.5 Å². The van der Waals surface area contributed by atoms with Crippen molar-refractivity contribution in [2.75, 3.05) is 50.6 Å². The van der Waals surface area contributed by atoms with Crippen LogP contribution in [0.1, 0.15) is 161 Å². The Balaban J connectivity index is 0.000000158. The number of amides is 1. The number of imidazole rings is 3. The molecule has 5 aliphatic heterocycles. The van der Waals surface area contributed by atoms with E-state index in [0.717, 1.165) is 60.4 Å². The van der Waals surface area contributed by atoms with Crippen LogP contribution < -0.4 is 11.1 Å². The second-order valence-corrected chi connectivity index (χ2v) is 39.0. The minimum Gasteiger partial charge on any atom is -0.461 e. The number of nitrogens with zero attached hydrogens (tertiary/aromatic N) is 10. The smallest absolute Gasteiger partial charge is 0.358 e. The number of benzene rings is 10. The Kier molecular flexibility index (Phi) is 35.6. The third-order valence-electron chi connectivity index (χ3n) is 20.3. The van der Waals surface area contributed by atoms with E-state index in [0.29, 0.717) is 95.8 Å². The maximum Gasteiger partial charge on any atom is 0.358 e. The van der Waals surface area contributed by atoms with Gasteiger partial charge in [-0.15, -0.1) is 23.9 Å². The number of ketones is 1. The van der Waals surface area contributed by atoms with E-state index in [1.165, 1.54) is 55.3 Å². The van der Waals surface area contributed by atoms with Crippen LogP contribution in [0, 0.1) is 64.9 Å². The van der Waals surface area contributed by atoms with Crippen molar-refractivity contribution in [2.24, 2.45) is 20.0 Å². The van der Waals surface area contributed by atoms with Gasteiger partial charge in [0.15, 0.2) is 22.9 Å². The molecule has 0 radical (unpaired) electrons. The molecule has 682 valence electrons. The molecule has 18 rings (SSSR count). The lowest BCUT2D eigenvalue weighted by Crippen LogP contribution is -2.15. The minimum absolute atomic E-state index is 0. The molecule has 0 saturated carbocycles. The number of hydrogen-bond acceptors (Lipinski definition) is 17. The van der Waals surface area contributed by atoms with E-state index >= 15 is 0 Å². The van der Waals surface area contributed by atoms with Crippen LogP contribution >= 0.6 is 47.8 Å². The normalized spacial score (nSPS) is 12.6. The number of nitrogen functional groups attached to an aromatic ring is 1. The van der Waals surface area contributed by atoms with E-state index in [9.17, 15) is 45.9 Å². The number of carbonyl (C=O) groups is 5. The number of halogens is 8. The summed E-state index contributed by atoms with van der Waals surface area (Å²) in [6, 6.07) is 59.0. The molecule has 1 saturated heterocycles. The van der Waals surface area contributed by atoms with Crippen LogP contribution in [0.3, 0.4) is 0 Å². The first-order valence-corrected chi connectivity index (χ1v) is 50.1. The minimum atomic E-state index is -1.10. The molecule has 31 heteroatoms. The summed E-state index contributed by atoms with van der Waals surface area (Å²) in [5.74, 6) is 1.68. The quantitative estimate of drug-likeness (QED) is 0.0219. The SMILES string of the molecule is C.C#C[Si](C)(C)C.C#Cc1ccc2c(c1)C(c1ccccc1F)=NCc1c(C(=O)OCC)ncn1-2.C1CCOC1.CCOC(=O)c1ncn2c1CN=C(c1ccccc1F)c1cc(Br)ccc1-2.CCOC(=O)c1ncn2c1CN=C(c1ccccc1F)c1cc(C#C[SiH2]C)ccc1-2.Nc1ccc(Br)cc1C(=O)c1ccccc1F.O=C1CN=C(c2ccccc2F)c2cc(Br)ccc2N1. The van der Waals surface area contributed by atoms with Crippen LogP contribution in [0.2, 0.25) is 26.2 Å². The van der Waals surface area contributed by atoms with E-state index < -0.39 is 47.1 Å². The number of benzodiazepines with no additional fused rings is 1. The largest absolute Gasteiger partial charge is 0.461 e. The van der Waals surface area contributed by atoms with Gasteiger partial charge in [-0.05, 0) is 185 Å². The maximum absolute atomic E-state index is 14.7. The highest BCUT2D eigenvalue weighted by Crippen LogP contribution is 2.35. The molecule has 10 aromatic carbocycles. The van der Waals surface area contributed by atoms with Gasteiger partial charge in [0.05, 0.1) is 108 Å². The summed E-state index contributed by atoms with van der Waals surface area (Å²) in [6.07, 6.45) is 18.0. The predicted molar refractivity (Wildman–Crippen MR) is 530 cm³/mol. The zero-order valence-corrected chi connectivity index (χ0v) is 80.5. The number of nitrogens with two attached hydrogens (primary N) is 1.